The van der Waals surface area contributed by atoms with E-state index in [2.05, 4.69) is 10.3 Å². The summed E-state index contributed by atoms with van der Waals surface area (Å²) in [7, 11) is 0. The molecule has 0 radical (unpaired) electrons. The molecule has 1 aliphatic rings. The molecule has 3 rings (SSSR count). The first-order valence-corrected chi connectivity index (χ1v) is 8.98. The van der Waals surface area contributed by atoms with Crippen LogP contribution in [-0.4, -0.2) is 42.7 Å². The summed E-state index contributed by atoms with van der Waals surface area (Å²) in [5.74, 6) is -1.94. The molecule has 1 fully saturated rings. The molecule has 5 nitrogen and oxygen atoms in total. The van der Waals surface area contributed by atoms with Crippen LogP contribution in [0.3, 0.4) is 0 Å². The lowest BCUT2D eigenvalue weighted by Gasteiger charge is -2.31. The fourth-order valence-electron chi connectivity index (χ4n) is 3.04. The highest BCUT2D eigenvalue weighted by atomic mass is 32.1. The number of benzene rings is 1. The predicted molar refractivity (Wildman–Crippen MR) is 91.7 cm³/mol. The van der Waals surface area contributed by atoms with E-state index < -0.39 is 11.6 Å². The summed E-state index contributed by atoms with van der Waals surface area (Å²) in [5, 5.41) is 4.92. The maximum atomic E-state index is 13.3. The summed E-state index contributed by atoms with van der Waals surface area (Å²) in [4.78, 5) is 17.7. The lowest BCUT2D eigenvalue weighted by atomic mass is 10.2. The van der Waals surface area contributed by atoms with Crippen molar-refractivity contribution in [1.82, 2.24) is 4.98 Å². The van der Waals surface area contributed by atoms with E-state index in [1.54, 1.807) is 5.38 Å². The third-order valence-electron chi connectivity index (χ3n) is 3.99. The van der Waals surface area contributed by atoms with Gasteiger partial charge in [0.15, 0.2) is 23.3 Å². The van der Waals surface area contributed by atoms with E-state index in [0.29, 0.717) is 22.9 Å². The second-order valence-electron chi connectivity index (χ2n) is 6.31. The lowest BCUT2D eigenvalue weighted by Crippen LogP contribution is -3.16. The molecule has 0 aliphatic carbocycles. The van der Waals surface area contributed by atoms with E-state index >= 15 is 0 Å². The Morgan fingerprint density at radius 2 is 2.04 bits per heavy atom. The van der Waals surface area contributed by atoms with Gasteiger partial charge in [-0.25, -0.2) is 13.8 Å². The smallest absolute Gasteiger partial charge is 0.281 e. The van der Waals surface area contributed by atoms with Crippen molar-refractivity contribution in [3.8, 4) is 11.3 Å². The van der Waals surface area contributed by atoms with E-state index in [0.717, 1.165) is 25.2 Å². The minimum absolute atomic E-state index is 0.123. The molecule has 1 saturated heterocycles. The number of rotatable bonds is 4. The van der Waals surface area contributed by atoms with Crippen LogP contribution in [0.5, 0.6) is 0 Å². The minimum atomic E-state index is -0.921. The number of morpholine rings is 1. The average Bonchev–Trinajstić information content (AvgIpc) is 2.97. The lowest BCUT2D eigenvalue weighted by molar-refractivity contribution is -0.907. The van der Waals surface area contributed by atoms with Gasteiger partial charge in [-0.15, -0.1) is 11.3 Å². The number of thiazole rings is 1. The van der Waals surface area contributed by atoms with Crippen LogP contribution in [0.25, 0.3) is 11.3 Å². The van der Waals surface area contributed by atoms with Crippen LogP contribution in [0.4, 0.5) is 13.9 Å². The predicted octanol–water partition coefficient (Wildman–Crippen LogP) is 1.72. The zero-order valence-corrected chi connectivity index (χ0v) is 14.8. The first kappa shape index (κ1) is 17.9. The maximum absolute atomic E-state index is 13.3. The number of carbonyl (C=O) groups excluding carboxylic acids is 1. The van der Waals surface area contributed by atoms with E-state index in [1.807, 2.05) is 13.8 Å². The van der Waals surface area contributed by atoms with Crippen LogP contribution in [-0.2, 0) is 9.53 Å². The fourth-order valence-corrected chi connectivity index (χ4v) is 3.78. The second-order valence-corrected chi connectivity index (χ2v) is 7.17. The highest BCUT2D eigenvalue weighted by molar-refractivity contribution is 7.14. The van der Waals surface area contributed by atoms with Gasteiger partial charge in [0.25, 0.3) is 5.91 Å². The van der Waals surface area contributed by atoms with Crippen molar-refractivity contribution in [2.75, 3.05) is 25.0 Å². The van der Waals surface area contributed by atoms with Gasteiger partial charge in [0.05, 0.1) is 5.69 Å². The summed E-state index contributed by atoms with van der Waals surface area (Å²) in [5.41, 5.74) is 0.970. The van der Waals surface area contributed by atoms with Gasteiger partial charge in [0, 0.05) is 10.9 Å². The van der Waals surface area contributed by atoms with E-state index in [1.165, 1.54) is 22.3 Å². The topological polar surface area (TPSA) is 55.7 Å². The van der Waals surface area contributed by atoms with Crippen LogP contribution in [0.2, 0.25) is 0 Å². The Hall–Kier alpha value is -1.90. The third-order valence-corrected chi connectivity index (χ3v) is 4.75. The third kappa shape index (κ3) is 4.59. The van der Waals surface area contributed by atoms with Crippen molar-refractivity contribution in [2.45, 2.75) is 26.1 Å². The maximum Gasteiger partial charge on any atom is 0.281 e. The number of nitrogens with zero attached hydrogens (tertiary/aromatic N) is 1. The zero-order chi connectivity index (χ0) is 18.0. The summed E-state index contributed by atoms with van der Waals surface area (Å²) in [6.07, 6.45) is 0.262. The quantitative estimate of drug-likeness (QED) is 0.864. The largest absolute Gasteiger partial charge is 0.364 e. The Balaban J connectivity index is 1.61. The van der Waals surface area contributed by atoms with Gasteiger partial charge < -0.3 is 9.64 Å². The average molecular weight is 368 g/mol. The van der Waals surface area contributed by atoms with Crippen molar-refractivity contribution in [3.63, 3.8) is 0 Å². The van der Waals surface area contributed by atoms with Crippen LogP contribution < -0.4 is 10.2 Å². The molecule has 1 amide bonds. The molecule has 0 saturated carbocycles. The van der Waals surface area contributed by atoms with E-state index in [-0.39, 0.29) is 18.1 Å². The molecule has 25 heavy (non-hydrogen) atoms. The molecule has 8 heteroatoms. The van der Waals surface area contributed by atoms with Gasteiger partial charge in [0.2, 0.25) is 0 Å². The minimum Gasteiger partial charge on any atom is -0.364 e. The molecule has 1 aliphatic heterocycles. The van der Waals surface area contributed by atoms with Gasteiger partial charge in [-0.2, -0.15) is 0 Å². The molecule has 0 bridgehead atoms. The van der Waals surface area contributed by atoms with Gasteiger partial charge >= 0.3 is 0 Å². The molecule has 0 spiro atoms. The Kier molecular flexibility index (Phi) is 5.41. The molecule has 2 aromatic rings. The van der Waals surface area contributed by atoms with Crippen molar-refractivity contribution in [3.05, 3.63) is 35.2 Å². The zero-order valence-electron chi connectivity index (χ0n) is 14.0. The highest BCUT2D eigenvalue weighted by Gasteiger charge is 2.27. The molecular weight excluding hydrogens is 348 g/mol. The summed E-state index contributed by atoms with van der Waals surface area (Å²) >= 11 is 1.25. The number of ether oxygens (including phenoxy) is 1. The van der Waals surface area contributed by atoms with Gasteiger partial charge in [0.1, 0.15) is 25.3 Å². The van der Waals surface area contributed by atoms with Crippen molar-refractivity contribution >= 4 is 22.4 Å². The number of carbonyl (C=O) groups is 1. The van der Waals surface area contributed by atoms with E-state index in [4.69, 9.17) is 4.74 Å². The SMILES string of the molecule is C[C@H]1C[NH+](CC(=O)Nc2nc(-c3ccc(F)c(F)c3)cs2)C[C@H](C)O1. The molecule has 1 aromatic heterocycles. The fraction of sp³-hybridized carbons (Fsp3) is 0.412. The van der Waals surface area contributed by atoms with Crippen LogP contribution in [0.15, 0.2) is 23.6 Å². The first-order chi connectivity index (χ1) is 11.9. The number of hydrogen-bond donors (Lipinski definition) is 2. The van der Waals surface area contributed by atoms with Gasteiger partial charge in [-0.1, -0.05) is 0 Å². The Morgan fingerprint density at radius 3 is 2.72 bits per heavy atom. The van der Waals surface area contributed by atoms with Gasteiger partial charge in [-0.3, -0.25) is 10.1 Å². The monoisotopic (exact) mass is 368 g/mol. The first-order valence-electron chi connectivity index (χ1n) is 8.10. The molecule has 2 atom stereocenters. The van der Waals surface area contributed by atoms with Crippen molar-refractivity contribution < 1.29 is 23.2 Å². The summed E-state index contributed by atoms with van der Waals surface area (Å²) in [6, 6.07) is 3.61. The van der Waals surface area contributed by atoms with E-state index in [9.17, 15) is 13.6 Å². The summed E-state index contributed by atoms with van der Waals surface area (Å²) < 4.78 is 32.0. The van der Waals surface area contributed by atoms with Crippen LogP contribution in [0.1, 0.15) is 13.8 Å². The number of anilines is 1. The van der Waals surface area contributed by atoms with Crippen LogP contribution in [0, 0.1) is 11.6 Å². The Bertz CT molecular complexity index is 758. The van der Waals surface area contributed by atoms with Crippen molar-refractivity contribution in [1.29, 1.82) is 0 Å². The number of nitrogens with one attached hydrogen (secondary N) is 2. The number of aromatic nitrogens is 1. The molecule has 0 unspecified atom stereocenters. The molecule has 2 heterocycles. The second kappa shape index (κ2) is 7.55. The summed E-state index contributed by atoms with van der Waals surface area (Å²) in [6.45, 7) is 5.93. The molecular formula is C17H20F2N3O2S+. The number of amides is 1. The number of quaternary nitrogens is 1. The molecule has 134 valence electrons. The van der Waals surface area contributed by atoms with Gasteiger partial charge in [-0.05, 0) is 32.0 Å². The van der Waals surface area contributed by atoms with Crippen LogP contribution >= 0.6 is 11.3 Å². The molecule has 1 aromatic carbocycles. The normalized spacial score (nSPS) is 23.4. The van der Waals surface area contributed by atoms with Crippen molar-refractivity contribution in [2.24, 2.45) is 0 Å². The highest BCUT2D eigenvalue weighted by Crippen LogP contribution is 2.25. The Morgan fingerprint density at radius 1 is 1.32 bits per heavy atom. The standard InChI is InChI=1S/C17H19F2N3O2S/c1-10-6-22(7-11(2)24-10)8-16(23)21-17-20-15(9-25-17)12-3-4-13(18)14(19)5-12/h3-5,9-11H,6-8H2,1-2H3,(H,20,21,23)/p+1/t10-,11-/m0/s1. The number of halogens is 2. The Labute approximate surface area is 148 Å². The molecule has 2 N–H and O–H groups in total. The number of hydrogen-bond acceptors (Lipinski definition) is 4.